The van der Waals surface area contributed by atoms with Gasteiger partial charge in [-0.1, -0.05) is 34.7 Å². The first-order chi connectivity index (χ1) is 3.66. The zero-order valence-electron chi connectivity index (χ0n) is 5.10. The zero-order chi connectivity index (χ0) is 6.57. The summed E-state index contributed by atoms with van der Waals surface area (Å²) in [5, 5.41) is 2.87. The molecule has 0 saturated carbocycles. The van der Waals surface area contributed by atoms with Crippen LogP contribution in [-0.4, -0.2) is 9.97 Å². The quantitative estimate of drug-likeness (QED) is 0.413. The Hall–Kier alpha value is 0.330. The average Bonchev–Trinajstić information content (AvgIpc) is 1.65. The monoisotopic (exact) mass is 227 g/mol. The first-order valence-corrected chi connectivity index (χ1v) is 3.88. The van der Waals surface area contributed by atoms with Crippen molar-refractivity contribution >= 4 is 22.6 Å². The van der Waals surface area contributed by atoms with Gasteiger partial charge in [0, 0.05) is 3.92 Å². The fourth-order valence-corrected chi connectivity index (χ4v) is 1.25. The second-order valence-corrected chi connectivity index (χ2v) is 4.10. The Morgan fingerprint density at radius 2 is 2.12 bits per heavy atom. The molecule has 0 aliphatic carbocycles. The summed E-state index contributed by atoms with van der Waals surface area (Å²) in [5.41, 5.74) is 0. The zero-order valence-corrected chi connectivity index (χ0v) is 7.25. The van der Waals surface area contributed by atoms with E-state index < -0.39 is 0 Å². The van der Waals surface area contributed by atoms with Gasteiger partial charge in [0.15, 0.2) is 0 Å². The molecule has 2 atom stereocenters. The van der Waals surface area contributed by atoms with E-state index in [4.69, 9.17) is 0 Å². The molecule has 0 aromatic carbocycles. The number of alkyl halides is 1. The molecular formula is C5H10INO. The molecule has 0 fully saturated rings. The van der Waals surface area contributed by atoms with Gasteiger partial charge in [-0.05, 0) is 13.3 Å². The summed E-state index contributed by atoms with van der Waals surface area (Å²) in [6, 6.07) is -0.0121. The molecule has 0 rings (SSSR count). The molecule has 3 heteroatoms. The van der Waals surface area contributed by atoms with Crippen molar-refractivity contribution in [2.45, 2.75) is 30.2 Å². The fraction of sp³-hybridized carbons (Fsp3) is 1.00. The molecule has 0 radical (unpaired) electrons. The maximum Gasteiger partial charge on any atom is 0.0901 e. The van der Waals surface area contributed by atoms with Gasteiger partial charge in [-0.2, -0.15) is 4.91 Å². The van der Waals surface area contributed by atoms with E-state index in [1.807, 2.05) is 6.92 Å². The smallest absolute Gasteiger partial charge is 0.0901 e. The third-order valence-electron chi connectivity index (χ3n) is 0.846. The normalized spacial score (nSPS) is 17.4. The molecule has 0 heterocycles. The van der Waals surface area contributed by atoms with Crippen molar-refractivity contribution in [3.8, 4) is 0 Å². The summed E-state index contributed by atoms with van der Waals surface area (Å²) in [5.74, 6) is 0. The Kier molecular flexibility index (Phi) is 4.41. The molecule has 0 amide bonds. The van der Waals surface area contributed by atoms with Crippen molar-refractivity contribution in [3.63, 3.8) is 0 Å². The molecule has 0 aliphatic heterocycles. The van der Waals surface area contributed by atoms with Crippen LogP contribution >= 0.6 is 22.6 Å². The highest BCUT2D eigenvalue weighted by Gasteiger charge is 2.03. The van der Waals surface area contributed by atoms with E-state index in [2.05, 4.69) is 34.7 Å². The Balaban J connectivity index is 3.23. The van der Waals surface area contributed by atoms with E-state index in [9.17, 15) is 4.91 Å². The SMILES string of the molecule is CC(I)CC(C)N=O. The van der Waals surface area contributed by atoms with Gasteiger partial charge >= 0.3 is 0 Å². The Labute approximate surface area is 63.2 Å². The number of halogens is 1. The van der Waals surface area contributed by atoms with Crippen molar-refractivity contribution in [3.05, 3.63) is 4.91 Å². The predicted molar refractivity (Wildman–Crippen MR) is 43.4 cm³/mol. The minimum atomic E-state index is -0.0121. The number of hydrogen-bond donors (Lipinski definition) is 0. The topological polar surface area (TPSA) is 29.4 Å². The highest BCUT2D eigenvalue weighted by molar-refractivity contribution is 14.1. The highest BCUT2D eigenvalue weighted by atomic mass is 127. The van der Waals surface area contributed by atoms with Crippen LogP contribution in [0.4, 0.5) is 0 Å². The second-order valence-electron chi connectivity index (χ2n) is 1.97. The van der Waals surface area contributed by atoms with Crippen molar-refractivity contribution in [1.29, 1.82) is 0 Å². The predicted octanol–water partition coefficient (Wildman–Crippen LogP) is 2.35. The molecule has 0 N–H and O–H groups in total. The van der Waals surface area contributed by atoms with Crippen molar-refractivity contribution < 1.29 is 0 Å². The molecule has 0 aromatic rings. The lowest BCUT2D eigenvalue weighted by Gasteiger charge is -2.01. The molecule has 2 nitrogen and oxygen atoms in total. The molecule has 0 saturated heterocycles. The van der Waals surface area contributed by atoms with Crippen LogP contribution < -0.4 is 0 Å². The number of hydrogen-bond acceptors (Lipinski definition) is 2. The van der Waals surface area contributed by atoms with Crippen LogP contribution in [-0.2, 0) is 0 Å². The van der Waals surface area contributed by atoms with Crippen LogP contribution in [0.5, 0.6) is 0 Å². The van der Waals surface area contributed by atoms with Crippen LogP contribution in [0.1, 0.15) is 20.3 Å². The van der Waals surface area contributed by atoms with E-state index in [0.717, 1.165) is 6.42 Å². The summed E-state index contributed by atoms with van der Waals surface area (Å²) in [7, 11) is 0. The Morgan fingerprint density at radius 3 is 2.25 bits per heavy atom. The van der Waals surface area contributed by atoms with E-state index in [0.29, 0.717) is 3.92 Å². The molecule has 2 unspecified atom stereocenters. The first-order valence-electron chi connectivity index (χ1n) is 2.63. The van der Waals surface area contributed by atoms with Crippen LogP contribution in [0.2, 0.25) is 0 Å². The molecule has 48 valence electrons. The summed E-state index contributed by atoms with van der Waals surface area (Å²) in [6.45, 7) is 3.91. The maximum atomic E-state index is 9.79. The van der Waals surface area contributed by atoms with E-state index >= 15 is 0 Å². The maximum absolute atomic E-state index is 9.79. The molecular weight excluding hydrogens is 217 g/mol. The summed E-state index contributed by atoms with van der Waals surface area (Å²) >= 11 is 2.28. The Morgan fingerprint density at radius 1 is 1.62 bits per heavy atom. The molecule has 8 heavy (non-hydrogen) atoms. The third-order valence-corrected chi connectivity index (χ3v) is 1.35. The lowest BCUT2D eigenvalue weighted by Crippen LogP contribution is -2.02. The minimum Gasteiger partial charge on any atom is -0.151 e. The van der Waals surface area contributed by atoms with Gasteiger partial charge in [-0.3, -0.25) is 0 Å². The highest BCUT2D eigenvalue weighted by Crippen LogP contribution is 2.08. The molecule has 0 spiro atoms. The van der Waals surface area contributed by atoms with Crippen LogP contribution in [0, 0.1) is 4.91 Å². The van der Waals surface area contributed by atoms with Crippen LogP contribution in [0.3, 0.4) is 0 Å². The summed E-state index contributed by atoms with van der Waals surface area (Å²) in [4.78, 5) is 9.79. The number of rotatable bonds is 3. The van der Waals surface area contributed by atoms with Gasteiger partial charge < -0.3 is 0 Å². The standard InChI is InChI=1S/C5H10INO/c1-4(6)3-5(2)7-8/h4-5H,3H2,1-2H3. The van der Waals surface area contributed by atoms with Crippen molar-refractivity contribution in [2.75, 3.05) is 0 Å². The summed E-state index contributed by atoms with van der Waals surface area (Å²) in [6.07, 6.45) is 0.893. The van der Waals surface area contributed by atoms with Gasteiger partial charge in [0.1, 0.15) is 0 Å². The fourth-order valence-electron chi connectivity index (χ4n) is 0.513. The van der Waals surface area contributed by atoms with E-state index in [-0.39, 0.29) is 6.04 Å². The lowest BCUT2D eigenvalue weighted by molar-refractivity contribution is 0.672. The van der Waals surface area contributed by atoms with Crippen LogP contribution in [0.15, 0.2) is 5.18 Å². The average molecular weight is 227 g/mol. The number of nitroso groups, excluding NO2 is 1. The van der Waals surface area contributed by atoms with Crippen molar-refractivity contribution in [2.24, 2.45) is 5.18 Å². The molecule has 0 aliphatic rings. The van der Waals surface area contributed by atoms with Gasteiger partial charge in [0.25, 0.3) is 0 Å². The van der Waals surface area contributed by atoms with Crippen LogP contribution in [0.25, 0.3) is 0 Å². The van der Waals surface area contributed by atoms with Gasteiger partial charge in [-0.25, -0.2) is 0 Å². The van der Waals surface area contributed by atoms with Crippen molar-refractivity contribution in [1.82, 2.24) is 0 Å². The Bertz CT molecular complexity index is 74.8. The van der Waals surface area contributed by atoms with E-state index in [1.165, 1.54) is 0 Å². The molecule has 0 bridgehead atoms. The third kappa shape index (κ3) is 4.49. The lowest BCUT2D eigenvalue weighted by atomic mass is 10.2. The van der Waals surface area contributed by atoms with Gasteiger partial charge in [0.05, 0.1) is 6.04 Å². The number of nitrogens with zero attached hydrogens (tertiary/aromatic N) is 1. The minimum absolute atomic E-state index is 0.0121. The van der Waals surface area contributed by atoms with E-state index in [1.54, 1.807) is 0 Å². The van der Waals surface area contributed by atoms with Gasteiger partial charge in [-0.15, -0.1) is 0 Å². The largest absolute Gasteiger partial charge is 0.151 e. The molecule has 0 aromatic heterocycles. The second kappa shape index (κ2) is 4.23. The summed E-state index contributed by atoms with van der Waals surface area (Å²) < 4.78 is 0.556. The first kappa shape index (κ1) is 8.33. The van der Waals surface area contributed by atoms with Gasteiger partial charge in [0.2, 0.25) is 0 Å².